The number of aliphatic hydroxyl groups excluding tert-OH is 1. The second-order valence-electron chi connectivity index (χ2n) is 24.8. The normalized spacial score (nSPS) is 14.8. The molecule has 0 spiro atoms. The molecule has 0 aromatic carbocycles. The van der Waals surface area contributed by atoms with Crippen molar-refractivity contribution in [3.8, 4) is 0 Å². The molecule has 0 aliphatic rings. The molecule has 0 fully saturated rings. The summed E-state index contributed by atoms with van der Waals surface area (Å²) in [6, 6.07) is 0. The van der Waals surface area contributed by atoms with Gasteiger partial charge in [0.2, 0.25) is 0 Å². The molecule has 5 unspecified atom stereocenters. The van der Waals surface area contributed by atoms with Crippen molar-refractivity contribution in [2.45, 2.75) is 303 Å². The highest BCUT2D eigenvalue weighted by Gasteiger charge is 2.30. The van der Waals surface area contributed by atoms with Gasteiger partial charge in [0.1, 0.15) is 19.3 Å². The summed E-state index contributed by atoms with van der Waals surface area (Å²) < 4.78 is 68.4. The smallest absolute Gasteiger partial charge is 0.462 e. The third-order valence-corrected chi connectivity index (χ3v) is 17.2. The van der Waals surface area contributed by atoms with Crippen LogP contribution in [0.4, 0.5) is 0 Å². The van der Waals surface area contributed by atoms with Crippen LogP contribution in [0, 0.1) is 0 Å². The van der Waals surface area contributed by atoms with Crippen LogP contribution in [-0.2, 0) is 65.4 Å². The Morgan fingerprint density at radius 3 is 0.860 bits per heavy atom. The van der Waals surface area contributed by atoms with Gasteiger partial charge in [-0.2, -0.15) is 0 Å². The number of phosphoric acid groups is 2. The van der Waals surface area contributed by atoms with Crippen LogP contribution in [0.2, 0.25) is 0 Å². The van der Waals surface area contributed by atoms with Crippen molar-refractivity contribution in [3.63, 3.8) is 0 Å². The summed E-state index contributed by atoms with van der Waals surface area (Å²) in [7, 11) is -9.98. The summed E-state index contributed by atoms with van der Waals surface area (Å²) in [5.74, 6) is -2.27. The van der Waals surface area contributed by atoms with Crippen LogP contribution in [0.5, 0.6) is 0 Å². The average molecular weight is 1440 g/mol. The lowest BCUT2D eigenvalue weighted by atomic mass is 10.1. The predicted molar refractivity (Wildman–Crippen MR) is 408 cm³/mol. The maximum absolute atomic E-state index is 13.1. The van der Waals surface area contributed by atoms with Crippen molar-refractivity contribution < 1.29 is 80.2 Å². The van der Waals surface area contributed by atoms with Crippen molar-refractivity contribution in [1.29, 1.82) is 0 Å². The molecule has 0 aromatic heterocycles. The Morgan fingerprint density at radius 2 is 0.540 bits per heavy atom. The Morgan fingerprint density at radius 1 is 0.290 bits per heavy atom. The van der Waals surface area contributed by atoms with Gasteiger partial charge in [-0.1, -0.05) is 251 Å². The van der Waals surface area contributed by atoms with Crippen LogP contribution in [0.1, 0.15) is 285 Å². The van der Waals surface area contributed by atoms with Gasteiger partial charge in [0, 0.05) is 25.7 Å². The Kier molecular flexibility index (Phi) is 68.6. The molecule has 100 heavy (non-hydrogen) atoms. The topological polar surface area (TPSA) is 237 Å². The fourth-order valence-corrected chi connectivity index (χ4v) is 11.1. The number of rotatable bonds is 70. The van der Waals surface area contributed by atoms with Crippen LogP contribution in [-0.4, -0.2) is 96.7 Å². The first-order valence-electron chi connectivity index (χ1n) is 38.1. The third-order valence-electron chi connectivity index (χ3n) is 15.2. The first kappa shape index (κ1) is 94.9. The zero-order chi connectivity index (χ0) is 73.2. The monoisotopic (exact) mass is 1440 g/mol. The molecule has 0 amide bonds. The molecule has 570 valence electrons. The van der Waals surface area contributed by atoms with Crippen molar-refractivity contribution in [3.05, 3.63) is 146 Å². The van der Waals surface area contributed by atoms with E-state index < -0.39 is 97.5 Å². The number of unbranched alkanes of at least 4 members (excludes halogenated alkanes) is 20. The minimum absolute atomic E-state index is 0.0542. The number of carbonyl (C=O) groups excluding carboxylic acids is 4. The number of carbonyl (C=O) groups is 4. The molecule has 19 heteroatoms. The molecule has 0 radical (unpaired) electrons. The molecule has 0 aromatic rings. The number of aliphatic hydroxyl groups is 1. The maximum atomic E-state index is 13.1. The molecule has 0 bridgehead atoms. The van der Waals surface area contributed by atoms with Gasteiger partial charge in [0.15, 0.2) is 12.2 Å². The Hall–Kier alpha value is -5.06. The Bertz CT molecular complexity index is 2470. The Balaban J connectivity index is 5.41. The zero-order valence-electron chi connectivity index (χ0n) is 62.1. The van der Waals surface area contributed by atoms with Gasteiger partial charge in [0.25, 0.3) is 0 Å². The van der Waals surface area contributed by atoms with E-state index in [9.17, 15) is 43.2 Å². The SMILES string of the molecule is CC/C=C\C/C=C\C/C=C\C/C=C\C/C=C\CCCCCC(=O)OCC(COP(=O)(O)OCC(O)COP(=O)(O)OCC(COC(=O)CCCCCCC/C=C\C/C=C\CCC)OC(=O)CCCCCCC/C=C\CCCC)OC(=O)CCCCCC/C=C\C/C=C\C/C=C\C/C=C\CC. The molecule has 5 atom stereocenters. The van der Waals surface area contributed by atoms with E-state index in [1.165, 1.54) is 12.8 Å². The first-order valence-corrected chi connectivity index (χ1v) is 41.1. The largest absolute Gasteiger partial charge is 0.472 e. The number of ether oxygens (including phenoxy) is 4. The number of esters is 4. The lowest BCUT2D eigenvalue weighted by molar-refractivity contribution is -0.161. The molecular formula is C81H134O17P2. The van der Waals surface area contributed by atoms with Crippen LogP contribution in [0.25, 0.3) is 0 Å². The molecule has 0 aliphatic carbocycles. The quantitative estimate of drug-likeness (QED) is 0.0169. The van der Waals surface area contributed by atoms with E-state index in [2.05, 4.69) is 174 Å². The van der Waals surface area contributed by atoms with Gasteiger partial charge in [-0.25, -0.2) is 9.13 Å². The van der Waals surface area contributed by atoms with Crippen LogP contribution >= 0.6 is 15.6 Å². The van der Waals surface area contributed by atoms with E-state index >= 15 is 0 Å². The lowest BCUT2D eigenvalue weighted by Gasteiger charge is -2.21. The maximum Gasteiger partial charge on any atom is 0.472 e. The van der Waals surface area contributed by atoms with Crippen LogP contribution < -0.4 is 0 Å². The average Bonchev–Trinajstić information content (AvgIpc) is 0.930. The van der Waals surface area contributed by atoms with Gasteiger partial charge in [0.05, 0.1) is 26.4 Å². The molecule has 0 rings (SSSR count). The second-order valence-corrected chi connectivity index (χ2v) is 27.7. The van der Waals surface area contributed by atoms with Gasteiger partial charge < -0.3 is 33.8 Å². The van der Waals surface area contributed by atoms with Crippen molar-refractivity contribution in [1.82, 2.24) is 0 Å². The third kappa shape index (κ3) is 71.3. The number of phosphoric ester groups is 2. The highest BCUT2D eigenvalue weighted by Crippen LogP contribution is 2.45. The molecule has 0 aliphatic heterocycles. The highest BCUT2D eigenvalue weighted by atomic mass is 31.2. The van der Waals surface area contributed by atoms with E-state index in [1.54, 1.807) is 0 Å². The summed E-state index contributed by atoms with van der Waals surface area (Å²) in [6.45, 7) is 4.43. The molecule has 0 heterocycles. The number of hydrogen-bond acceptors (Lipinski definition) is 15. The van der Waals surface area contributed by atoms with E-state index in [0.717, 1.165) is 193 Å². The van der Waals surface area contributed by atoms with Crippen LogP contribution in [0.3, 0.4) is 0 Å². The molecule has 3 N–H and O–H groups in total. The minimum Gasteiger partial charge on any atom is -0.462 e. The van der Waals surface area contributed by atoms with Crippen molar-refractivity contribution in [2.24, 2.45) is 0 Å². The lowest BCUT2D eigenvalue weighted by Crippen LogP contribution is -2.30. The van der Waals surface area contributed by atoms with E-state index in [0.29, 0.717) is 25.7 Å². The summed E-state index contributed by atoms with van der Waals surface area (Å²) >= 11 is 0. The minimum atomic E-state index is -5.00. The van der Waals surface area contributed by atoms with E-state index in [-0.39, 0.29) is 25.7 Å². The molecule has 0 saturated carbocycles. The van der Waals surface area contributed by atoms with Gasteiger partial charge in [-0.3, -0.25) is 37.3 Å². The summed E-state index contributed by atoms with van der Waals surface area (Å²) in [5, 5.41) is 10.6. The zero-order valence-corrected chi connectivity index (χ0v) is 63.9. The van der Waals surface area contributed by atoms with Gasteiger partial charge in [-0.15, -0.1) is 0 Å². The number of allylic oxidation sites excluding steroid dienone is 24. The fraction of sp³-hybridized carbons (Fsp3) is 0.654. The van der Waals surface area contributed by atoms with Crippen LogP contribution in [0.15, 0.2) is 146 Å². The summed E-state index contributed by atoms with van der Waals surface area (Å²) in [4.78, 5) is 72.8. The highest BCUT2D eigenvalue weighted by molar-refractivity contribution is 7.47. The van der Waals surface area contributed by atoms with Crippen molar-refractivity contribution >= 4 is 39.5 Å². The molecular weight excluding hydrogens is 1310 g/mol. The standard InChI is InChI=1S/C81H134O17P2/c1-5-9-13-17-21-25-29-32-34-36-37-39-40-43-47-50-54-58-62-66-79(84)92-72-77(98-81(86)68-64-60-56-52-48-44-41-38-35-33-30-26-22-18-14-10-6-2)74-96-100(89,90)94-70-75(82)69-93-99(87,88)95-73-76(97-80(85)67-63-59-55-51-45-28-24-20-16-12-8-4)71-91-78(83)65-61-57-53-49-46-42-31-27-23-19-15-11-7-3/h9-10,13-15,19-22,24-27,31-35,37,39,41,43-44,47,75-77,82H,5-8,11-12,16-18,23,28-30,36,38,40,42,45-46,48-74H2,1-4H3,(H,87,88)(H,89,90)/b13-9-,14-10-,19-15-,24-20-,25-21-,26-22-,31-27-,34-32-,35-33-,39-37-,44-41-,47-43-. The summed E-state index contributed by atoms with van der Waals surface area (Å²) in [5.41, 5.74) is 0. The van der Waals surface area contributed by atoms with E-state index in [4.69, 9.17) is 37.0 Å². The van der Waals surface area contributed by atoms with E-state index in [1.807, 2.05) is 0 Å². The second kappa shape index (κ2) is 72.3. The molecule has 17 nitrogen and oxygen atoms in total. The summed E-state index contributed by atoms with van der Waals surface area (Å²) in [6.07, 6.45) is 81.3. The van der Waals surface area contributed by atoms with Crippen molar-refractivity contribution in [2.75, 3.05) is 39.6 Å². The van der Waals surface area contributed by atoms with Gasteiger partial charge in [-0.05, 0) is 154 Å². The fourth-order valence-electron chi connectivity index (χ4n) is 9.49. The first-order chi connectivity index (χ1) is 48.7. The Labute approximate surface area is 605 Å². The van der Waals surface area contributed by atoms with Gasteiger partial charge >= 0.3 is 39.5 Å². The number of hydrogen-bond donors (Lipinski definition) is 3. The molecule has 0 saturated heterocycles. The predicted octanol–water partition coefficient (Wildman–Crippen LogP) is 21.9.